The van der Waals surface area contributed by atoms with Crippen molar-refractivity contribution in [3.8, 4) is 0 Å². The Morgan fingerprint density at radius 3 is 3.17 bits per heavy atom. The van der Waals surface area contributed by atoms with Gasteiger partial charge in [-0.05, 0) is 11.1 Å². The minimum Gasteiger partial charge on any atom is -0.312 e. The van der Waals surface area contributed by atoms with E-state index in [9.17, 15) is 4.79 Å². The Bertz CT molecular complexity index is 555. The minimum absolute atomic E-state index is 0.0357. The van der Waals surface area contributed by atoms with E-state index in [0.29, 0.717) is 11.7 Å². The van der Waals surface area contributed by atoms with Gasteiger partial charge in [0, 0.05) is 13.1 Å². The summed E-state index contributed by atoms with van der Waals surface area (Å²) in [7, 11) is 0. The molecule has 1 atom stereocenters. The maximum atomic E-state index is 12.2. The third-order valence-electron chi connectivity index (χ3n) is 3.00. The fourth-order valence-electron chi connectivity index (χ4n) is 2.15. The van der Waals surface area contributed by atoms with Crippen molar-refractivity contribution >= 4 is 22.4 Å². The van der Waals surface area contributed by atoms with Crippen LogP contribution in [0, 0.1) is 0 Å². The van der Waals surface area contributed by atoms with Gasteiger partial charge < -0.3 is 5.32 Å². The number of rotatable bonds is 2. The van der Waals surface area contributed by atoms with Gasteiger partial charge in [-0.25, -0.2) is 0 Å². The molecule has 0 spiro atoms. The van der Waals surface area contributed by atoms with Gasteiger partial charge in [0.25, 0.3) is 0 Å². The predicted octanol–water partition coefficient (Wildman–Crippen LogP) is 1.36. The van der Waals surface area contributed by atoms with Gasteiger partial charge in [0.15, 0.2) is 0 Å². The van der Waals surface area contributed by atoms with Crippen molar-refractivity contribution in [2.24, 2.45) is 0 Å². The number of hydrogen-bond donors (Lipinski definition) is 2. The number of nitrogens with one attached hydrogen (secondary N) is 2. The van der Waals surface area contributed by atoms with Crippen LogP contribution < -0.4 is 10.6 Å². The average Bonchev–Trinajstić information content (AvgIpc) is 2.91. The molecule has 2 heterocycles. The third kappa shape index (κ3) is 2.12. The fourth-order valence-corrected chi connectivity index (χ4v) is 2.60. The zero-order valence-corrected chi connectivity index (χ0v) is 10.4. The van der Waals surface area contributed by atoms with Crippen LogP contribution in [-0.4, -0.2) is 22.6 Å². The van der Waals surface area contributed by atoms with Crippen molar-refractivity contribution in [1.29, 1.82) is 0 Å². The summed E-state index contributed by atoms with van der Waals surface area (Å²) in [5.41, 5.74) is 3.88. The molecule has 2 aromatic rings. The van der Waals surface area contributed by atoms with E-state index in [1.54, 1.807) is 5.51 Å². The second-order valence-corrected chi connectivity index (χ2v) is 4.95. The summed E-state index contributed by atoms with van der Waals surface area (Å²) in [5.74, 6) is -0.203. The van der Waals surface area contributed by atoms with Crippen LogP contribution in [0.15, 0.2) is 29.8 Å². The number of nitrogens with zero attached hydrogens (tertiary/aromatic N) is 2. The van der Waals surface area contributed by atoms with Crippen molar-refractivity contribution < 1.29 is 4.79 Å². The first kappa shape index (κ1) is 11.3. The molecule has 3 rings (SSSR count). The van der Waals surface area contributed by atoms with Gasteiger partial charge in [0.05, 0.1) is 5.92 Å². The van der Waals surface area contributed by atoms with E-state index in [4.69, 9.17) is 0 Å². The highest BCUT2D eigenvalue weighted by atomic mass is 32.1. The van der Waals surface area contributed by atoms with Gasteiger partial charge in [-0.15, -0.1) is 10.2 Å². The summed E-state index contributed by atoms with van der Waals surface area (Å²) >= 11 is 1.32. The number of carbonyl (C=O) groups excluding carboxylic acids is 1. The fraction of sp³-hybridized carbons (Fsp3) is 0.250. The van der Waals surface area contributed by atoms with Crippen LogP contribution in [-0.2, 0) is 11.3 Å². The number of amides is 1. The van der Waals surface area contributed by atoms with Gasteiger partial charge in [0.2, 0.25) is 11.0 Å². The molecule has 0 aliphatic carbocycles. The number of fused-ring (bicyclic) bond motifs is 1. The van der Waals surface area contributed by atoms with Gasteiger partial charge in [-0.3, -0.25) is 10.1 Å². The number of anilines is 1. The molecule has 0 bridgehead atoms. The van der Waals surface area contributed by atoms with E-state index < -0.39 is 0 Å². The highest BCUT2D eigenvalue weighted by Crippen LogP contribution is 2.25. The van der Waals surface area contributed by atoms with Crippen LogP contribution in [0.5, 0.6) is 0 Å². The SMILES string of the molecule is O=C(Nc1nncs1)C1CNCc2ccccc21. The van der Waals surface area contributed by atoms with Crippen molar-refractivity contribution in [3.63, 3.8) is 0 Å². The van der Waals surface area contributed by atoms with Gasteiger partial charge in [-0.2, -0.15) is 0 Å². The van der Waals surface area contributed by atoms with Crippen LogP contribution in [0.2, 0.25) is 0 Å². The standard InChI is InChI=1S/C12H12N4OS/c17-11(15-12-16-14-7-18-12)10-6-13-5-8-3-1-2-4-9(8)10/h1-4,7,10,13H,5-6H2,(H,15,16,17). The minimum atomic E-state index is -0.168. The molecular weight excluding hydrogens is 248 g/mol. The first-order valence-electron chi connectivity index (χ1n) is 5.70. The first-order valence-corrected chi connectivity index (χ1v) is 6.58. The highest BCUT2D eigenvalue weighted by molar-refractivity contribution is 7.13. The molecule has 1 amide bonds. The molecule has 0 radical (unpaired) electrons. The Labute approximate surface area is 108 Å². The normalized spacial score (nSPS) is 18.1. The predicted molar refractivity (Wildman–Crippen MR) is 69.4 cm³/mol. The van der Waals surface area contributed by atoms with Gasteiger partial charge in [0.1, 0.15) is 5.51 Å². The quantitative estimate of drug-likeness (QED) is 0.855. The van der Waals surface area contributed by atoms with Crippen molar-refractivity contribution in [1.82, 2.24) is 15.5 Å². The van der Waals surface area contributed by atoms with E-state index in [-0.39, 0.29) is 11.8 Å². The largest absolute Gasteiger partial charge is 0.312 e. The van der Waals surface area contributed by atoms with Crippen LogP contribution in [0.25, 0.3) is 0 Å². The van der Waals surface area contributed by atoms with Crippen molar-refractivity contribution in [2.45, 2.75) is 12.5 Å². The van der Waals surface area contributed by atoms with Crippen molar-refractivity contribution in [3.05, 3.63) is 40.9 Å². The molecule has 1 unspecified atom stereocenters. The van der Waals surface area contributed by atoms with Crippen LogP contribution in [0.4, 0.5) is 5.13 Å². The van der Waals surface area contributed by atoms with Gasteiger partial charge in [-0.1, -0.05) is 35.6 Å². The summed E-state index contributed by atoms with van der Waals surface area (Å²) in [5, 5.41) is 14.1. The molecule has 0 saturated heterocycles. The Morgan fingerprint density at radius 2 is 2.33 bits per heavy atom. The lowest BCUT2D eigenvalue weighted by atomic mass is 9.90. The van der Waals surface area contributed by atoms with E-state index in [1.807, 2.05) is 24.3 Å². The topological polar surface area (TPSA) is 66.9 Å². The Balaban J connectivity index is 1.83. The van der Waals surface area contributed by atoms with E-state index in [0.717, 1.165) is 12.1 Å². The molecule has 1 aromatic heterocycles. The molecule has 0 fully saturated rings. The second-order valence-electron chi connectivity index (χ2n) is 4.12. The van der Waals surface area contributed by atoms with Crippen molar-refractivity contribution in [2.75, 3.05) is 11.9 Å². The Morgan fingerprint density at radius 1 is 1.44 bits per heavy atom. The first-order chi connectivity index (χ1) is 8.84. The monoisotopic (exact) mass is 260 g/mol. The summed E-state index contributed by atoms with van der Waals surface area (Å²) in [6.07, 6.45) is 0. The van der Waals surface area contributed by atoms with Crippen LogP contribution in [0.3, 0.4) is 0 Å². The zero-order valence-electron chi connectivity index (χ0n) is 9.59. The molecule has 92 valence electrons. The smallest absolute Gasteiger partial charge is 0.235 e. The summed E-state index contributed by atoms with van der Waals surface area (Å²) in [4.78, 5) is 12.2. The third-order valence-corrected chi connectivity index (χ3v) is 3.61. The summed E-state index contributed by atoms with van der Waals surface area (Å²) in [6.45, 7) is 1.47. The van der Waals surface area contributed by atoms with Crippen LogP contribution in [0.1, 0.15) is 17.0 Å². The second kappa shape index (κ2) is 4.83. The molecule has 1 aliphatic rings. The lowest BCUT2D eigenvalue weighted by Gasteiger charge is -2.25. The molecule has 2 N–H and O–H groups in total. The molecule has 6 heteroatoms. The van der Waals surface area contributed by atoms with E-state index >= 15 is 0 Å². The Hall–Kier alpha value is -1.79. The number of benzene rings is 1. The maximum Gasteiger partial charge on any atom is 0.235 e. The molecule has 5 nitrogen and oxygen atoms in total. The number of hydrogen-bond acceptors (Lipinski definition) is 5. The average molecular weight is 260 g/mol. The molecular formula is C12H12N4OS. The maximum absolute atomic E-state index is 12.2. The summed E-state index contributed by atoms with van der Waals surface area (Å²) in [6, 6.07) is 8.02. The lowest BCUT2D eigenvalue weighted by molar-refractivity contribution is -0.117. The highest BCUT2D eigenvalue weighted by Gasteiger charge is 2.26. The number of carbonyl (C=O) groups is 1. The zero-order chi connectivity index (χ0) is 12.4. The molecule has 1 aromatic carbocycles. The number of aromatic nitrogens is 2. The van der Waals surface area contributed by atoms with E-state index in [1.165, 1.54) is 16.9 Å². The Kier molecular flexibility index (Phi) is 3.04. The summed E-state index contributed by atoms with van der Waals surface area (Å²) < 4.78 is 0. The van der Waals surface area contributed by atoms with E-state index in [2.05, 4.69) is 20.8 Å². The van der Waals surface area contributed by atoms with Gasteiger partial charge >= 0.3 is 0 Å². The molecule has 1 aliphatic heterocycles. The molecule has 0 saturated carbocycles. The van der Waals surface area contributed by atoms with Crippen LogP contribution >= 0.6 is 11.3 Å². The lowest BCUT2D eigenvalue weighted by Crippen LogP contribution is -2.35. The molecule has 18 heavy (non-hydrogen) atoms.